The molecule has 0 unspecified atom stereocenters. The monoisotopic (exact) mass is 193 g/mol. The minimum atomic E-state index is -4.83. The third-order valence-corrected chi connectivity index (χ3v) is 1.27. The van der Waals surface area contributed by atoms with E-state index >= 15 is 0 Å². The van der Waals surface area contributed by atoms with Gasteiger partial charge in [-0.05, 0) is 0 Å². The second-order valence-corrected chi connectivity index (χ2v) is 2.29. The summed E-state index contributed by atoms with van der Waals surface area (Å²) in [6.07, 6.45) is -2.10. The average Bonchev–Trinajstić information content (AvgIpc) is 2.50. The molecule has 13 heavy (non-hydrogen) atoms. The van der Waals surface area contributed by atoms with Crippen molar-refractivity contribution >= 4 is 5.91 Å². The molecule has 7 heteroatoms. The number of carbonyl (C=O) groups is 1. The molecule has 0 spiro atoms. The Morgan fingerprint density at radius 3 is 2.77 bits per heavy atom. The molecule has 2 N–H and O–H groups in total. The van der Waals surface area contributed by atoms with Gasteiger partial charge in [-0.3, -0.25) is 9.89 Å². The molecule has 72 valence electrons. The maximum absolute atomic E-state index is 11.6. The number of alkyl halides is 3. The Morgan fingerprint density at radius 1 is 1.62 bits per heavy atom. The second-order valence-electron chi connectivity index (χ2n) is 2.29. The van der Waals surface area contributed by atoms with Gasteiger partial charge in [0.2, 0.25) is 0 Å². The summed E-state index contributed by atoms with van der Waals surface area (Å²) in [6.45, 7) is -0.186. The molecule has 1 amide bonds. The fourth-order valence-electron chi connectivity index (χ4n) is 0.657. The lowest BCUT2D eigenvalue weighted by Gasteiger charge is -2.05. The maximum Gasteiger partial charge on any atom is 0.471 e. The Morgan fingerprint density at radius 2 is 2.31 bits per heavy atom. The van der Waals surface area contributed by atoms with Crippen molar-refractivity contribution in [3.63, 3.8) is 0 Å². The molecule has 0 atom stereocenters. The van der Waals surface area contributed by atoms with Gasteiger partial charge in [-0.15, -0.1) is 0 Å². The highest BCUT2D eigenvalue weighted by Gasteiger charge is 2.38. The van der Waals surface area contributed by atoms with Gasteiger partial charge in [0.25, 0.3) is 0 Å². The minimum Gasteiger partial charge on any atom is -0.344 e. The molecule has 0 fully saturated rings. The van der Waals surface area contributed by atoms with Crippen LogP contribution in [0.25, 0.3) is 0 Å². The van der Waals surface area contributed by atoms with Gasteiger partial charge in [-0.1, -0.05) is 0 Å². The van der Waals surface area contributed by atoms with Gasteiger partial charge in [-0.2, -0.15) is 18.3 Å². The summed E-state index contributed by atoms with van der Waals surface area (Å²) in [4.78, 5) is 10.3. The lowest BCUT2D eigenvalue weighted by atomic mass is 10.3. The summed E-state index contributed by atoms with van der Waals surface area (Å²) in [5.74, 6) is -1.95. The predicted octanol–water partition coefficient (Wildman–Crippen LogP) is 0.588. The number of halogens is 3. The molecule has 0 bridgehead atoms. The topological polar surface area (TPSA) is 57.8 Å². The highest BCUT2D eigenvalue weighted by molar-refractivity contribution is 5.81. The van der Waals surface area contributed by atoms with E-state index in [-0.39, 0.29) is 6.54 Å². The Labute approximate surface area is 71.1 Å². The number of hydrogen-bond acceptors (Lipinski definition) is 2. The highest BCUT2D eigenvalue weighted by Crippen LogP contribution is 2.14. The minimum absolute atomic E-state index is 0.186. The van der Waals surface area contributed by atoms with Crippen LogP contribution in [0.15, 0.2) is 12.4 Å². The summed E-state index contributed by atoms with van der Waals surface area (Å²) < 4.78 is 34.9. The van der Waals surface area contributed by atoms with Crippen molar-refractivity contribution in [2.75, 3.05) is 0 Å². The van der Waals surface area contributed by atoms with E-state index in [1.54, 1.807) is 5.32 Å². The van der Waals surface area contributed by atoms with Crippen molar-refractivity contribution in [3.8, 4) is 0 Å². The maximum atomic E-state index is 11.6. The number of nitrogens with zero attached hydrogens (tertiary/aromatic N) is 1. The SMILES string of the molecule is O=C(NCc1cn[nH]c1)C(F)(F)F. The average molecular weight is 193 g/mol. The lowest BCUT2D eigenvalue weighted by molar-refractivity contribution is -0.173. The Kier molecular flexibility index (Phi) is 2.54. The van der Waals surface area contributed by atoms with E-state index in [0.717, 1.165) is 0 Å². The Bertz CT molecular complexity index is 280. The number of amides is 1. The van der Waals surface area contributed by atoms with Crippen LogP contribution >= 0.6 is 0 Å². The molecule has 1 rings (SSSR count). The number of nitrogens with one attached hydrogen (secondary N) is 2. The van der Waals surface area contributed by atoms with E-state index in [1.807, 2.05) is 0 Å². The standard InChI is InChI=1S/C6H6F3N3O/c7-6(8,9)5(13)10-1-4-2-11-12-3-4/h2-3H,1H2,(H,10,13)(H,11,12). The zero-order chi connectivity index (χ0) is 9.90. The molecular formula is C6H6F3N3O. The van der Waals surface area contributed by atoms with Crippen LogP contribution in [0.4, 0.5) is 13.2 Å². The van der Waals surface area contributed by atoms with Crippen LogP contribution in [0.2, 0.25) is 0 Å². The van der Waals surface area contributed by atoms with Gasteiger partial charge in [0, 0.05) is 18.3 Å². The molecule has 1 heterocycles. The summed E-state index contributed by atoms with van der Waals surface area (Å²) in [5.41, 5.74) is 0.484. The van der Waals surface area contributed by atoms with Crippen LogP contribution in [0.5, 0.6) is 0 Å². The second kappa shape index (κ2) is 3.46. The van der Waals surface area contributed by atoms with E-state index in [4.69, 9.17) is 0 Å². The first-order valence-electron chi connectivity index (χ1n) is 3.33. The normalized spacial score (nSPS) is 11.3. The van der Waals surface area contributed by atoms with Gasteiger partial charge in [-0.25, -0.2) is 0 Å². The molecule has 0 saturated heterocycles. The molecule has 0 aliphatic rings. The third-order valence-electron chi connectivity index (χ3n) is 1.27. The van der Waals surface area contributed by atoms with E-state index in [0.29, 0.717) is 5.56 Å². The number of H-pyrrole nitrogens is 1. The van der Waals surface area contributed by atoms with Crippen LogP contribution in [-0.2, 0) is 11.3 Å². The van der Waals surface area contributed by atoms with Gasteiger partial charge >= 0.3 is 12.1 Å². The number of carbonyl (C=O) groups excluding carboxylic acids is 1. The summed E-state index contributed by atoms with van der Waals surface area (Å²) in [7, 11) is 0. The van der Waals surface area contributed by atoms with E-state index in [2.05, 4.69) is 10.2 Å². The zero-order valence-electron chi connectivity index (χ0n) is 6.35. The van der Waals surface area contributed by atoms with Crippen LogP contribution < -0.4 is 5.32 Å². The van der Waals surface area contributed by atoms with Gasteiger partial charge in [0.15, 0.2) is 0 Å². The van der Waals surface area contributed by atoms with Crippen molar-refractivity contribution in [2.45, 2.75) is 12.7 Å². The van der Waals surface area contributed by atoms with Crippen molar-refractivity contribution < 1.29 is 18.0 Å². The summed E-state index contributed by atoms with van der Waals surface area (Å²) >= 11 is 0. The van der Waals surface area contributed by atoms with Crippen LogP contribution in [0, 0.1) is 0 Å². The molecule has 0 aliphatic heterocycles. The number of rotatable bonds is 2. The van der Waals surface area contributed by atoms with Crippen LogP contribution in [0.3, 0.4) is 0 Å². The van der Waals surface area contributed by atoms with E-state index in [1.165, 1.54) is 12.4 Å². The van der Waals surface area contributed by atoms with Gasteiger partial charge in [0.05, 0.1) is 6.20 Å². The number of aromatic amines is 1. The van der Waals surface area contributed by atoms with Gasteiger partial charge < -0.3 is 5.32 Å². The molecule has 4 nitrogen and oxygen atoms in total. The molecule has 0 aromatic carbocycles. The fraction of sp³-hybridized carbons (Fsp3) is 0.333. The van der Waals surface area contributed by atoms with Gasteiger partial charge in [0.1, 0.15) is 0 Å². The van der Waals surface area contributed by atoms with Crippen molar-refractivity contribution in [1.29, 1.82) is 0 Å². The first kappa shape index (κ1) is 9.56. The van der Waals surface area contributed by atoms with Crippen molar-refractivity contribution in [2.24, 2.45) is 0 Å². The third kappa shape index (κ3) is 2.77. The smallest absolute Gasteiger partial charge is 0.344 e. The quantitative estimate of drug-likeness (QED) is 0.722. The summed E-state index contributed by atoms with van der Waals surface area (Å²) in [5, 5.41) is 7.62. The van der Waals surface area contributed by atoms with Crippen molar-refractivity contribution in [1.82, 2.24) is 15.5 Å². The Hall–Kier alpha value is -1.53. The fourth-order valence-corrected chi connectivity index (χ4v) is 0.657. The van der Waals surface area contributed by atoms with E-state index < -0.39 is 12.1 Å². The molecule has 0 aliphatic carbocycles. The van der Waals surface area contributed by atoms with Crippen LogP contribution in [0.1, 0.15) is 5.56 Å². The highest BCUT2D eigenvalue weighted by atomic mass is 19.4. The molecular weight excluding hydrogens is 187 g/mol. The molecule has 1 aromatic rings. The Balaban J connectivity index is 2.40. The summed E-state index contributed by atoms with van der Waals surface area (Å²) in [6, 6.07) is 0. The van der Waals surface area contributed by atoms with E-state index in [9.17, 15) is 18.0 Å². The van der Waals surface area contributed by atoms with Crippen LogP contribution in [-0.4, -0.2) is 22.3 Å². The molecule has 1 aromatic heterocycles. The molecule has 0 saturated carbocycles. The first-order chi connectivity index (χ1) is 6.00. The lowest BCUT2D eigenvalue weighted by Crippen LogP contribution is -2.36. The number of aromatic nitrogens is 2. The zero-order valence-corrected chi connectivity index (χ0v) is 6.35. The van der Waals surface area contributed by atoms with Crippen molar-refractivity contribution in [3.05, 3.63) is 18.0 Å². The number of hydrogen-bond donors (Lipinski definition) is 2. The molecule has 0 radical (unpaired) electrons. The predicted molar refractivity (Wildman–Crippen MR) is 36.5 cm³/mol. The first-order valence-corrected chi connectivity index (χ1v) is 3.33. The largest absolute Gasteiger partial charge is 0.471 e.